The number of carbonyl (C=O) groups excluding carboxylic acids is 1. The van der Waals surface area contributed by atoms with E-state index in [9.17, 15) is 13.2 Å². The summed E-state index contributed by atoms with van der Waals surface area (Å²) in [4.78, 5) is 12.8. The van der Waals surface area contributed by atoms with Crippen molar-refractivity contribution in [3.8, 4) is 0 Å². The molecule has 158 valence electrons. The number of hydrogen-bond acceptors (Lipinski definition) is 4. The Morgan fingerprint density at radius 3 is 2.46 bits per heavy atom. The Bertz CT molecular complexity index is 759. The molecule has 1 aliphatic rings. The summed E-state index contributed by atoms with van der Waals surface area (Å²) in [7, 11) is -3.58. The summed E-state index contributed by atoms with van der Waals surface area (Å²) in [6, 6.07) is 4.77. The van der Waals surface area contributed by atoms with Crippen LogP contribution < -0.4 is 9.62 Å². The van der Waals surface area contributed by atoms with Crippen molar-refractivity contribution < 1.29 is 13.2 Å². The van der Waals surface area contributed by atoms with Gasteiger partial charge in [0.05, 0.1) is 11.9 Å². The Morgan fingerprint density at radius 2 is 1.89 bits per heavy atom. The van der Waals surface area contributed by atoms with Crippen molar-refractivity contribution in [2.75, 3.05) is 22.9 Å². The monoisotopic (exact) mass is 426 g/mol. The van der Waals surface area contributed by atoms with E-state index < -0.39 is 16.1 Å². The van der Waals surface area contributed by atoms with Crippen molar-refractivity contribution in [2.45, 2.75) is 70.6 Å². The van der Waals surface area contributed by atoms with E-state index in [0.717, 1.165) is 23.1 Å². The van der Waals surface area contributed by atoms with Crippen LogP contribution in [0.1, 0.15) is 56.6 Å². The molecule has 1 aliphatic carbocycles. The highest BCUT2D eigenvalue weighted by atomic mass is 32.2. The molecule has 0 bridgehead atoms. The molecular weight excluding hydrogens is 392 g/mol. The molecule has 0 aromatic heterocycles. The van der Waals surface area contributed by atoms with Crippen molar-refractivity contribution in [1.29, 1.82) is 0 Å². The van der Waals surface area contributed by atoms with Crippen LogP contribution in [0.3, 0.4) is 0 Å². The van der Waals surface area contributed by atoms with Gasteiger partial charge >= 0.3 is 0 Å². The van der Waals surface area contributed by atoms with Gasteiger partial charge in [-0.25, -0.2) is 8.42 Å². The van der Waals surface area contributed by atoms with E-state index in [1.165, 1.54) is 36.4 Å². The molecule has 0 radical (unpaired) electrons. The molecule has 28 heavy (non-hydrogen) atoms. The van der Waals surface area contributed by atoms with Crippen LogP contribution in [0.2, 0.25) is 0 Å². The Balaban J connectivity index is 2.03. The third kappa shape index (κ3) is 6.41. The maximum absolute atomic E-state index is 12.8. The van der Waals surface area contributed by atoms with Crippen LogP contribution in [0.4, 0.5) is 5.69 Å². The zero-order chi connectivity index (χ0) is 20.7. The zero-order valence-electron chi connectivity index (χ0n) is 17.5. The van der Waals surface area contributed by atoms with Gasteiger partial charge < -0.3 is 5.32 Å². The maximum atomic E-state index is 12.8. The third-order valence-corrected chi connectivity index (χ3v) is 7.94. The third-order valence-electron chi connectivity index (χ3n) is 5.38. The molecule has 1 fully saturated rings. The van der Waals surface area contributed by atoms with Gasteiger partial charge in [-0.3, -0.25) is 9.10 Å². The van der Waals surface area contributed by atoms with Crippen molar-refractivity contribution in [3.63, 3.8) is 0 Å². The average molecular weight is 427 g/mol. The predicted octanol–water partition coefficient (Wildman–Crippen LogP) is 4.03. The van der Waals surface area contributed by atoms with E-state index in [0.29, 0.717) is 23.9 Å². The van der Waals surface area contributed by atoms with Crippen molar-refractivity contribution in [1.82, 2.24) is 5.32 Å². The highest BCUT2D eigenvalue weighted by molar-refractivity contribution is 7.99. The first kappa shape index (κ1) is 23.1. The van der Waals surface area contributed by atoms with E-state index in [-0.39, 0.29) is 5.91 Å². The molecule has 1 amide bonds. The molecular formula is C21H34N2O3S2. The Kier molecular flexibility index (Phi) is 8.68. The molecule has 0 aliphatic heterocycles. The quantitative estimate of drug-likeness (QED) is 0.606. The summed E-state index contributed by atoms with van der Waals surface area (Å²) in [6.45, 7) is 6.35. The SMILES string of the molecule is CC[C@@H](C(=O)NCCSC1CCCCC1)N(c1ccc(C)c(C)c1)S(C)(=O)=O. The first-order valence-corrected chi connectivity index (χ1v) is 13.1. The molecule has 0 heterocycles. The fourth-order valence-electron chi connectivity index (χ4n) is 3.67. The molecule has 0 saturated heterocycles. The molecule has 0 spiro atoms. The van der Waals surface area contributed by atoms with Crippen LogP contribution >= 0.6 is 11.8 Å². The van der Waals surface area contributed by atoms with Crippen LogP contribution in [0, 0.1) is 13.8 Å². The van der Waals surface area contributed by atoms with Crippen molar-refractivity contribution >= 4 is 33.4 Å². The second-order valence-corrected chi connectivity index (χ2v) is 10.9. The lowest BCUT2D eigenvalue weighted by Crippen LogP contribution is -2.49. The summed E-state index contributed by atoms with van der Waals surface area (Å²) in [5.74, 6) is 0.644. The number of anilines is 1. The van der Waals surface area contributed by atoms with E-state index >= 15 is 0 Å². The molecule has 1 aromatic carbocycles. The predicted molar refractivity (Wildman–Crippen MR) is 120 cm³/mol. The lowest BCUT2D eigenvalue weighted by Gasteiger charge is -2.30. The van der Waals surface area contributed by atoms with Gasteiger partial charge in [0.25, 0.3) is 0 Å². The minimum Gasteiger partial charge on any atom is -0.353 e. The highest BCUT2D eigenvalue weighted by Crippen LogP contribution is 2.28. The van der Waals surface area contributed by atoms with Gasteiger partial charge in [0.1, 0.15) is 6.04 Å². The molecule has 1 atom stereocenters. The van der Waals surface area contributed by atoms with Gasteiger partial charge in [-0.05, 0) is 56.4 Å². The Morgan fingerprint density at radius 1 is 1.21 bits per heavy atom. The fraction of sp³-hybridized carbons (Fsp3) is 0.667. The number of carbonyl (C=O) groups is 1. The van der Waals surface area contributed by atoms with Crippen molar-refractivity contribution in [2.24, 2.45) is 0 Å². The molecule has 1 saturated carbocycles. The number of nitrogens with one attached hydrogen (secondary N) is 1. The second-order valence-electron chi connectivity index (χ2n) is 7.67. The number of hydrogen-bond donors (Lipinski definition) is 1. The lowest BCUT2D eigenvalue weighted by atomic mass is 10.0. The summed E-state index contributed by atoms with van der Waals surface area (Å²) in [5, 5.41) is 3.66. The minimum atomic E-state index is -3.58. The van der Waals surface area contributed by atoms with Crippen LogP contribution in [0.5, 0.6) is 0 Å². The molecule has 0 unspecified atom stereocenters. The van der Waals surface area contributed by atoms with E-state index in [4.69, 9.17) is 0 Å². The largest absolute Gasteiger partial charge is 0.353 e. The lowest BCUT2D eigenvalue weighted by molar-refractivity contribution is -0.122. The number of aryl methyl sites for hydroxylation is 2. The number of amides is 1. The van der Waals surface area contributed by atoms with Gasteiger partial charge in [-0.1, -0.05) is 32.3 Å². The van der Waals surface area contributed by atoms with E-state index in [1.807, 2.05) is 44.7 Å². The number of nitrogens with zero attached hydrogens (tertiary/aromatic N) is 1. The summed E-state index contributed by atoms with van der Waals surface area (Å²) >= 11 is 1.93. The van der Waals surface area contributed by atoms with Gasteiger partial charge in [-0.15, -0.1) is 0 Å². The van der Waals surface area contributed by atoms with E-state index in [1.54, 1.807) is 6.07 Å². The summed E-state index contributed by atoms with van der Waals surface area (Å²) in [5.41, 5.74) is 2.64. The van der Waals surface area contributed by atoms with E-state index in [2.05, 4.69) is 5.32 Å². The van der Waals surface area contributed by atoms with Crippen LogP contribution in [0.15, 0.2) is 18.2 Å². The Hall–Kier alpha value is -1.21. The number of benzene rings is 1. The molecule has 1 aromatic rings. The topological polar surface area (TPSA) is 66.5 Å². The van der Waals surface area contributed by atoms with Crippen LogP contribution in [0.25, 0.3) is 0 Å². The van der Waals surface area contributed by atoms with Gasteiger partial charge in [-0.2, -0.15) is 11.8 Å². The van der Waals surface area contributed by atoms with Crippen molar-refractivity contribution in [3.05, 3.63) is 29.3 Å². The van der Waals surface area contributed by atoms with Crippen LogP contribution in [-0.4, -0.2) is 44.2 Å². The minimum absolute atomic E-state index is 0.226. The van der Waals surface area contributed by atoms with Gasteiger partial charge in [0.2, 0.25) is 15.9 Å². The van der Waals surface area contributed by atoms with Crippen LogP contribution in [-0.2, 0) is 14.8 Å². The van der Waals surface area contributed by atoms with Gasteiger partial charge in [0, 0.05) is 17.5 Å². The highest BCUT2D eigenvalue weighted by Gasteiger charge is 2.31. The second kappa shape index (κ2) is 10.5. The normalized spacial score (nSPS) is 16.6. The maximum Gasteiger partial charge on any atom is 0.243 e. The summed E-state index contributed by atoms with van der Waals surface area (Å²) in [6.07, 6.45) is 8.07. The average Bonchev–Trinajstić information content (AvgIpc) is 2.65. The standard InChI is InChI=1S/C21H34N2O3S2/c1-5-20(21(24)22-13-14-27-19-9-7-6-8-10-19)23(28(4,25)26)18-12-11-16(2)17(3)15-18/h11-12,15,19-20H,5-10,13-14H2,1-4H3,(H,22,24)/t20-/m0/s1. The first-order valence-electron chi connectivity index (χ1n) is 10.2. The molecule has 7 heteroatoms. The number of thioether (sulfide) groups is 1. The Labute approximate surface area is 174 Å². The number of sulfonamides is 1. The number of rotatable bonds is 9. The van der Waals surface area contributed by atoms with Gasteiger partial charge in [0.15, 0.2) is 0 Å². The zero-order valence-corrected chi connectivity index (χ0v) is 19.2. The fourth-order valence-corrected chi connectivity index (χ4v) is 6.10. The molecule has 1 N–H and O–H groups in total. The summed E-state index contributed by atoms with van der Waals surface area (Å²) < 4.78 is 26.3. The molecule has 5 nitrogen and oxygen atoms in total. The molecule has 2 rings (SSSR count). The first-order chi connectivity index (χ1) is 13.2. The smallest absolute Gasteiger partial charge is 0.243 e.